The van der Waals surface area contributed by atoms with Crippen molar-refractivity contribution >= 4 is 41.3 Å². The third kappa shape index (κ3) is 7.65. The minimum absolute atomic E-state index is 0. The molecule has 1 aliphatic rings. The Morgan fingerprint density at radius 3 is 2.67 bits per heavy atom. The molecule has 1 saturated carbocycles. The van der Waals surface area contributed by atoms with Gasteiger partial charge >= 0.3 is 0 Å². The van der Waals surface area contributed by atoms with Crippen LogP contribution in [-0.4, -0.2) is 49.2 Å². The Morgan fingerprint density at radius 2 is 2.08 bits per heavy atom. The topological polar surface area (TPSA) is 49.8 Å². The van der Waals surface area contributed by atoms with E-state index < -0.39 is 0 Å². The number of nitrogens with zero attached hydrogens (tertiary/aromatic N) is 3. The van der Waals surface area contributed by atoms with Crippen LogP contribution in [0.4, 0.5) is 0 Å². The lowest BCUT2D eigenvalue weighted by molar-refractivity contribution is 0.0466. The van der Waals surface area contributed by atoms with E-state index >= 15 is 0 Å². The highest BCUT2D eigenvalue weighted by Gasteiger charge is 2.13. The molecule has 7 heteroatoms. The number of halogens is 1. The summed E-state index contributed by atoms with van der Waals surface area (Å²) in [5, 5.41) is 6.59. The molecule has 0 bridgehead atoms. The van der Waals surface area contributed by atoms with Gasteiger partial charge in [-0.2, -0.15) is 0 Å². The number of thiazole rings is 1. The largest absolute Gasteiger partial charge is 0.376 e. The van der Waals surface area contributed by atoms with Crippen LogP contribution >= 0.6 is 35.3 Å². The number of aryl methyl sites for hydroxylation is 1. The Balaban J connectivity index is 0.00000288. The van der Waals surface area contributed by atoms with Crippen LogP contribution in [0.2, 0.25) is 0 Å². The lowest BCUT2D eigenvalue weighted by atomic mass is 10.1. The summed E-state index contributed by atoms with van der Waals surface area (Å²) < 4.78 is 6.01. The molecule has 0 unspecified atom stereocenters. The van der Waals surface area contributed by atoms with Crippen molar-refractivity contribution in [2.75, 3.05) is 27.2 Å². The predicted molar refractivity (Wildman–Crippen MR) is 113 cm³/mol. The summed E-state index contributed by atoms with van der Waals surface area (Å²) in [6.45, 7) is 4.34. The van der Waals surface area contributed by atoms with Gasteiger partial charge in [-0.15, -0.1) is 35.3 Å². The monoisotopic (exact) mass is 466 g/mol. The lowest BCUT2D eigenvalue weighted by Crippen LogP contribution is -2.40. The summed E-state index contributed by atoms with van der Waals surface area (Å²) in [6, 6.07) is 0. The molecule has 24 heavy (non-hydrogen) atoms. The van der Waals surface area contributed by atoms with Crippen LogP contribution in [0.1, 0.15) is 49.2 Å². The molecular weight excluding hydrogens is 435 g/mol. The number of guanidine groups is 1. The zero-order chi connectivity index (χ0) is 16.5. The highest BCUT2D eigenvalue weighted by atomic mass is 127. The zero-order valence-corrected chi connectivity index (χ0v) is 18.2. The number of nitrogens with one attached hydrogen (secondary N) is 1. The molecule has 0 aliphatic heterocycles. The molecule has 5 nitrogen and oxygen atoms in total. The van der Waals surface area contributed by atoms with E-state index in [1.165, 1.54) is 38.5 Å². The Bertz CT molecular complexity index is 487. The Kier molecular flexibility index (Phi) is 10.8. The van der Waals surface area contributed by atoms with E-state index in [4.69, 9.17) is 4.74 Å². The van der Waals surface area contributed by atoms with Crippen molar-refractivity contribution in [1.29, 1.82) is 0 Å². The molecule has 138 valence electrons. The molecule has 0 spiro atoms. The standard InChI is InChI=1S/C17H30N4OS.HI/c1-14-20-15(13-23-14)12-21(3)17(18-2)19-10-11-22-16-8-6-4-5-7-9-16;/h13,16H,4-12H2,1-3H3,(H,18,19);1H. The number of ether oxygens (including phenoxy) is 1. The van der Waals surface area contributed by atoms with Crippen LogP contribution in [0.3, 0.4) is 0 Å². The fourth-order valence-electron chi connectivity index (χ4n) is 2.98. The van der Waals surface area contributed by atoms with Gasteiger partial charge in [-0.1, -0.05) is 25.7 Å². The fraction of sp³-hybridized carbons (Fsp3) is 0.765. The second-order valence-corrected chi connectivity index (χ2v) is 7.23. The van der Waals surface area contributed by atoms with E-state index in [1.807, 2.05) is 21.0 Å². The average Bonchev–Trinajstić information content (AvgIpc) is 2.78. The van der Waals surface area contributed by atoms with Gasteiger partial charge in [-0.05, 0) is 19.8 Å². The van der Waals surface area contributed by atoms with Crippen molar-refractivity contribution in [2.24, 2.45) is 4.99 Å². The smallest absolute Gasteiger partial charge is 0.193 e. The molecule has 0 amide bonds. The van der Waals surface area contributed by atoms with Crippen LogP contribution < -0.4 is 5.32 Å². The van der Waals surface area contributed by atoms with Gasteiger partial charge in [0.1, 0.15) is 0 Å². The minimum atomic E-state index is 0. The van der Waals surface area contributed by atoms with Gasteiger partial charge in [0.15, 0.2) is 5.96 Å². The summed E-state index contributed by atoms with van der Waals surface area (Å²) in [5.74, 6) is 0.889. The van der Waals surface area contributed by atoms with E-state index in [-0.39, 0.29) is 24.0 Å². The van der Waals surface area contributed by atoms with E-state index in [1.54, 1.807) is 11.3 Å². The summed E-state index contributed by atoms with van der Waals surface area (Å²) in [7, 11) is 3.85. The van der Waals surface area contributed by atoms with Crippen molar-refractivity contribution in [3.63, 3.8) is 0 Å². The number of aromatic nitrogens is 1. The van der Waals surface area contributed by atoms with Gasteiger partial charge in [-0.3, -0.25) is 4.99 Å². The highest BCUT2D eigenvalue weighted by Crippen LogP contribution is 2.19. The molecule has 1 aromatic heterocycles. The third-order valence-electron chi connectivity index (χ3n) is 4.18. The average molecular weight is 466 g/mol. The second kappa shape index (κ2) is 12.0. The van der Waals surface area contributed by atoms with Crippen LogP contribution in [0.5, 0.6) is 0 Å². The molecule has 1 aliphatic carbocycles. The van der Waals surface area contributed by atoms with E-state index in [0.717, 1.165) is 36.4 Å². The molecule has 0 radical (unpaired) electrons. The number of hydrogen-bond donors (Lipinski definition) is 1. The normalized spacial score (nSPS) is 16.4. The van der Waals surface area contributed by atoms with Gasteiger partial charge in [0, 0.05) is 26.0 Å². The Labute approximate surface area is 167 Å². The van der Waals surface area contributed by atoms with Crippen LogP contribution in [0.25, 0.3) is 0 Å². The van der Waals surface area contributed by atoms with Crippen molar-refractivity contribution < 1.29 is 4.74 Å². The van der Waals surface area contributed by atoms with E-state index in [0.29, 0.717) is 6.10 Å². The molecule has 0 saturated heterocycles. The number of hydrogen-bond acceptors (Lipinski definition) is 4. The maximum Gasteiger partial charge on any atom is 0.193 e. The molecule has 0 atom stereocenters. The molecule has 1 N–H and O–H groups in total. The SMILES string of the molecule is CN=C(NCCOC1CCCCCC1)N(C)Cc1csc(C)n1.I. The quantitative estimate of drug-likeness (QED) is 0.228. The molecular formula is C17H31IN4OS. The van der Waals surface area contributed by atoms with Crippen molar-refractivity contribution in [3.05, 3.63) is 16.1 Å². The zero-order valence-electron chi connectivity index (χ0n) is 15.1. The summed E-state index contributed by atoms with van der Waals surface area (Å²) in [4.78, 5) is 10.9. The summed E-state index contributed by atoms with van der Waals surface area (Å²) in [5.41, 5.74) is 1.09. The first-order valence-electron chi connectivity index (χ1n) is 8.63. The summed E-state index contributed by atoms with van der Waals surface area (Å²) in [6.07, 6.45) is 8.26. The molecule has 1 aromatic rings. The van der Waals surface area contributed by atoms with Gasteiger partial charge in [0.25, 0.3) is 0 Å². The second-order valence-electron chi connectivity index (χ2n) is 6.17. The van der Waals surface area contributed by atoms with Crippen LogP contribution in [0.15, 0.2) is 10.4 Å². The van der Waals surface area contributed by atoms with Crippen molar-refractivity contribution in [3.8, 4) is 0 Å². The van der Waals surface area contributed by atoms with Crippen molar-refractivity contribution in [2.45, 2.75) is 58.1 Å². The molecule has 1 fully saturated rings. The van der Waals surface area contributed by atoms with Crippen LogP contribution in [-0.2, 0) is 11.3 Å². The minimum Gasteiger partial charge on any atom is -0.376 e. The molecule has 1 heterocycles. The third-order valence-corrected chi connectivity index (χ3v) is 5.00. The van der Waals surface area contributed by atoms with Gasteiger partial charge in [0.05, 0.1) is 30.0 Å². The van der Waals surface area contributed by atoms with Gasteiger partial charge < -0.3 is 15.0 Å². The first kappa shape index (κ1) is 21.6. The molecule has 2 rings (SSSR count). The highest BCUT2D eigenvalue weighted by molar-refractivity contribution is 14.0. The summed E-state index contributed by atoms with van der Waals surface area (Å²) >= 11 is 1.69. The Hall–Kier alpha value is -0.410. The Morgan fingerprint density at radius 1 is 1.38 bits per heavy atom. The molecule has 0 aromatic carbocycles. The van der Waals surface area contributed by atoms with Crippen molar-refractivity contribution in [1.82, 2.24) is 15.2 Å². The predicted octanol–water partition coefficient (Wildman–Crippen LogP) is 3.82. The fourth-order valence-corrected chi connectivity index (χ4v) is 3.58. The first-order valence-corrected chi connectivity index (χ1v) is 9.51. The number of aliphatic imine (C=N–C) groups is 1. The van der Waals surface area contributed by atoms with Gasteiger partial charge in [0.2, 0.25) is 0 Å². The maximum atomic E-state index is 6.01. The van der Waals surface area contributed by atoms with E-state index in [9.17, 15) is 0 Å². The van der Waals surface area contributed by atoms with Gasteiger partial charge in [-0.25, -0.2) is 4.98 Å². The maximum absolute atomic E-state index is 6.01. The number of rotatable bonds is 6. The van der Waals surface area contributed by atoms with E-state index in [2.05, 4.69) is 25.6 Å². The van der Waals surface area contributed by atoms with Crippen LogP contribution in [0, 0.1) is 6.92 Å². The first-order chi connectivity index (χ1) is 11.2. The lowest BCUT2D eigenvalue weighted by Gasteiger charge is -2.22.